The van der Waals surface area contributed by atoms with Gasteiger partial charge in [-0.3, -0.25) is 13.9 Å². The van der Waals surface area contributed by atoms with Gasteiger partial charge in [-0.05, 0) is 86.2 Å². The Bertz CT molecular complexity index is 1830. The van der Waals surface area contributed by atoms with Crippen LogP contribution in [0.4, 0.5) is 5.69 Å². The van der Waals surface area contributed by atoms with Crippen LogP contribution in [0.5, 0.6) is 5.75 Å². The maximum atomic E-state index is 14.8. The first-order valence-electron chi connectivity index (χ1n) is 15.9. The zero-order valence-corrected chi connectivity index (χ0v) is 31.1. The summed E-state index contributed by atoms with van der Waals surface area (Å²) in [5, 5.41) is 3.76. The van der Waals surface area contributed by atoms with Gasteiger partial charge >= 0.3 is 0 Å². The molecule has 4 aromatic carbocycles. The molecule has 0 aliphatic rings. The van der Waals surface area contributed by atoms with Crippen LogP contribution in [-0.2, 0) is 32.6 Å². The van der Waals surface area contributed by atoms with E-state index in [0.717, 1.165) is 14.8 Å². The van der Waals surface area contributed by atoms with E-state index in [4.69, 9.17) is 27.9 Å². The Labute approximate surface area is 303 Å². The second-order valence-electron chi connectivity index (χ2n) is 11.4. The molecular weight excluding hydrogens is 701 g/mol. The van der Waals surface area contributed by atoms with Crippen molar-refractivity contribution < 1.29 is 22.7 Å². The lowest BCUT2D eigenvalue weighted by Crippen LogP contribution is -2.54. The third kappa shape index (κ3) is 9.94. The van der Waals surface area contributed by atoms with Crippen molar-refractivity contribution in [2.45, 2.75) is 62.0 Å². The SMILES string of the molecule is CCOc1ccccc1N(CC(=O)N(Cc1ccc(Cl)cc1Cl)[C@H](Cc1ccccc1)C(=O)N[C@@H](C)CC)S(=O)(=O)c1ccc(SC)cc1. The fourth-order valence-corrected chi connectivity index (χ4v) is 7.46. The minimum Gasteiger partial charge on any atom is -0.492 e. The topological polar surface area (TPSA) is 96.0 Å². The van der Waals surface area contributed by atoms with Crippen molar-refractivity contribution in [2.75, 3.05) is 23.7 Å². The maximum Gasteiger partial charge on any atom is 0.264 e. The minimum atomic E-state index is -4.31. The fraction of sp³-hybridized carbons (Fsp3) is 0.297. The number of sulfonamides is 1. The van der Waals surface area contributed by atoms with Gasteiger partial charge in [-0.25, -0.2) is 8.42 Å². The summed E-state index contributed by atoms with van der Waals surface area (Å²) in [7, 11) is -4.31. The number of anilines is 1. The molecule has 0 fully saturated rings. The summed E-state index contributed by atoms with van der Waals surface area (Å²) >= 11 is 14.3. The first kappa shape index (κ1) is 38.1. The van der Waals surface area contributed by atoms with Crippen molar-refractivity contribution >= 4 is 62.5 Å². The zero-order chi connectivity index (χ0) is 35.6. The van der Waals surface area contributed by atoms with E-state index < -0.39 is 28.5 Å². The maximum absolute atomic E-state index is 14.8. The van der Waals surface area contributed by atoms with Gasteiger partial charge in [0.05, 0.1) is 17.2 Å². The molecule has 49 heavy (non-hydrogen) atoms. The Balaban J connectivity index is 1.86. The number of carbonyl (C=O) groups excluding carboxylic acids is 2. The molecule has 0 unspecified atom stereocenters. The first-order chi connectivity index (χ1) is 23.5. The molecule has 0 bridgehead atoms. The molecule has 4 aromatic rings. The number of rotatable bonds is 16. The summed E-state index contributed by atoms with van der Waals surface area (Å²) in [5.74, 6) is -0.681. The van der Waals surface area contributed by atoms with E-state index in [1.54, 1.807) is 61.5 Å². The highest BCUT2D eigenvalue weighted by Gasteiger charge is 2.36. The van der Waals surface area contributed by atoms with Crippen molar-refractivity contribution in [2.24, 2.45) is 0 Å². The Hall–Kier alpha value is -3.70. The molecule has 1 N–H and O–H groups in total. The van der Waals surface area contributed by atoms with Crippen LogP contribution in [0.2, 0.25) is 10.0 Å². The summed E-state index contributed by atoms with van der Waals surface area (Å²) in [4.78, 5) is 31.1. The minimum absolute atomic E-state index is 0.00652. The van der Waals surface area contributed by atoms with Crippen LogP contribution in [0, 0.1) is 0 Å². The Morgan fingerprint density at radius 3 is 2.22 bits per heavy atom. The van der Waals surface area contributed by atoms with Gasteiger partial charge in [0.25, 0.3) is 10.0 Å². The molecule has 0 radical (unpaired) electrons. The molecule has 0 aromatic heterocycles. The highest BCUT2D eigenvalue weighted by molar-refractivity contribution is 7.98. The highest BCUT2D eigenvalue weighted by Crippen LogP contribution is 2.34. The van der Waals surface area contributed by atoms with Crippen molar-refractivity contribution in [1.29, 1.82) is 0 Å². The highest BCUT2D eigenvalue weighted by atomic mass is 35.5. The lowest BCUT2D eigenvalue weighted by molar-refractivity contribution is -0.140. The van der Waals surface area contributed by atoms with E-state index in [-0.39, 0.29) is 42.1 Å². The van der Waals surface area contributed by atoms with Crippen molar-refractivity contribution in [3.63, 3.8) is 0 Å². The smallest absolute Gasteiger partial charge is 0.264 e. The van der Waals surface area contributed by atoms with Crippen molar-refractivity contribution in [3.8, 4) is 5.75 Å². The second-order valence-corrected chi connectivity index (χ2v) is 15.0. The van der Waals surface area contributed by atoms with Crippen LogP contribution in [0.1, 0.15) is 38.3 Å². The molecule has 12 heteroatoms. The van der Waals surface area contributed by atoms with E-state index in [1.165, 1.54) is 28.8 Å². The van der Waals surface area contributed by atoms with Gasteiger partial charge in [-0.1, -0.05) is 78.7 Å². The van der Waals surface area contributed by atoms with Crippen LogP contribution in [-0.4, -0.2) is 56.6 Å². The van der Waals surface area contributed by atoms with Crippen LogP contribution in [0.25, 0.3) is 0 Å². The monoisotopic (exact) mass is 741 g/mol. The number of ether oxygens (including phenoxy) is 1. The van der Waals surface area contributed by atoms with E-state index in [1.807, 2.05) is 50.4 Å². The number of carbonyl (C=O) groups is 2. The standard InChI is InChI=1S/C37H41Cl2N3O5S2/c1-5-26(3)40-37(44)34(22-27-12-8-7-9-13-27)41(24-28-16-17-29(38)23-32(28)39)36(43)25-42(33-14-10-11-15-35(33)47-6-2)49(45,46)31-20-18-30(48-4)19-21-31/h7-21,23,26,34H,5-6,22,24-25H2,1-4H3,(H,40,44)/t26-,34+/m0/s1. The number of benzene rings is 4. The molecule has 0 saturated heterocycles. The molecule has 8 nitrogen and oxygen atoms in total. The van der Waals surface area contributed by atoms with Gasteiger partial charge in [0.1, 0.15) is 18.3 Å². The van der Waals surface area contributed by atoms with Crippen LogP contribution in [0.3, 0.4) is 0 Å². The number of halogens is 2. The van der Waals surface area contributed by atoms with E-state index in [9.17, 15) is 18.0 Å². The lowest BCUT2D eigenvalue weighted by Gasteiger charge is -2.34. The summed E-state index contributed by atoms with van der Waals surface area (Å²) < 4.78 is 35.8. The predicted octanol–water partition coefficient (Wildman–Crippen LogP) is 7.86. The first-order valence-corrected chi connectivity index (χ1v) is 19.4. The average molecular weight is 743 g/mol. The molecule has 0 aliphatic heterocycles. The number of hydrogen-bond acceptors (Lipinski definition) is 6. The zero-order valence-electron chi connectivity index (χ0n) is 27.9. The molecule has 2 amide bonds. The van der Waals surface area contributed by atoms with Crippen LogP contribution >= 0.6 is 35.0 Å². The van der Waals surface area contributed by atoms with Crippen LogP contribution in [0.15, 0.2) is 107 Å². The summed E-state index contributed by atoms with van der Waals surface area (Å²) in [5.41, 5.74) is 1.57. The fourth-order valence-electron chi connectivity index (χ4n) is 5.16. The number of para-hydroxylation sites is 2. The number of nitrogens with zero attached hydrogens (tertiary/aromatic N) is 2. The summed E-state index contributed by atoms with van der Waals surface area (Å²) in [6, 6.07) is 26.3. The quantitative estimate of drug-likeness (QED) is 0.118. The van der Waals surface area contributed by atoms with Gasteiger partial charge in [0.15, 0.2) is 0 Å². The average Bonchev–Trinajstić information content (AvgIpc) is 3.10. The van der Waals surface area contributed by atoms with Crippen LogP contribution < -0.4 is 14.4 Å². The summed E-state index contributed by atoms with van der Waals surface area (Å²) in [6.07, 6.45) is 2.76. The normalized spacial score (nSPS) is 12.5. The van der Waals surface area contributed by atoms with Gasteiger partial charge in [0.2, 0.25) is 11.8 Å². The molecule has 260 valence electrons. The number of thioether (sulfide) groups is 1. The third-order valence-corrected chi connectivity index (χ3v) is 11.1. The molecule has 2 atom stereocenters. The Morgan fingerprint density at radius 1 is 0.918 bits per heavy atom. The van der Waals surface area contributed by atoms with Gasteiger partial charge in [-0.15, -0.1) is 11.8 Å². The number of hydrogen-bond donors (Lipinski definition) is 1. The molecule has 0 saturated carbocycles. The molecule has 0 spiro atoms. The number of nitrogens with one attached hydrogen (secondary N) is 1. The van der Waals surface area contributed by atoms with Gasteiger partial charge in [-0.2, -0.15) is 0 Å². The Morgan fingerprint density at radius 2 is 1.59 bits per heavy atom. The summed E-state index contributed by atoms with van der Waals surface area (Å²) in [6.45, 7) is 5.22. The molecule has 0 heterocycles. The van der Waals surface area contributed by atoms with Gasteiger partial charge < -0.3 is 15.0 Å². The van der Waals surface area contributed by atoms with E-state index in [0.29, 0.717) is 27.8 Å². The number of amides is 2. The Kier molecular flexibility index (Phi) is 13.8. The second kappa shape index (κ2) is 17.8. The van der Waals surface area contributed by atoms with E-state index in [2.05, 4.69) is 5.32 Å². The predicted molar refractivity (Wildman–Crippen MR) is 199 cm³/mol. The largest absolute Gasteiger partial charge is 0.492 e. The van der Waals surface area contributed by atoms with Crippen molar-refractivity contribution in [1.82, 2.24) is 10.2 Å². The molecule has 0 aliphatic carbocycles. The lowest BCUT2D eigenvalue weighted by atomic mass is 10.0. The van der Waals surface area contributed by atoms with Gasteiger partial charge in [0, 0.05) is 33.9 Å². The van der Waals surface area contributed by atoms with E-state index >= 15 is 0 Å². The van der Waals surface area contributed by atoms with Crippen molar-refractivity contribution in [3.05, 3.63) is 118 Å². The molecule has 4 rings (SSSR count). The third-order valence-electron chi connectivity index (χ3n) is 7.99. The molecular formula is C37H41Cl2N3O5S2.